The third kappa shape index (κ3) is 2.85. The number of carbonyl (C=O) groups is 1. The standard InChI is InChI=1S/C12H9IO3/c13-9-2-1-3-10(6-9)15-8-12-5-4-11(7-14)16-12/h1-7H,8H2. The van der Waals surface area contributed by atoms with Gasteiger partial charge < -0.3 is 9.15 Å². The van der Waals surface area contributed by atoms with E-state index in [1.165, 1.54) is 0 Å². The van der Waals surface area contributed by atoms with Crippen LogP contribution in [0.4, 0.5) is 0 Å². The van der Waals surface area contributed by atoms with Crippen LogP contribution in [0.1, 0.15) is 16.3 Å². The largest absolute Gasteiger partial charge is 0.486 e. The molecule has 0 atom stereocenters. The van der Waals surface area contributed by atoms with Crippen LogP contribution in [0.25, 0.3) is 0 Å². The van der Waals surface area contributed by atoms with Gasteiger partial charge in [0.25, 0.3) is 0 Å². The van der Waals surface area contributed by atoms with E-state index in [9.17, 15) is 4.79 Å². The van der Waals surface area contributed by atoms with Gasteiger partial charge >= 0.3 is 0 Å². The van der Waals surface area contributed by atoms with Gasteiger partial charge in [-0.15, -0.1) is 0 Å². The number of hydrogen-bond donors (Lipinski definition) is 0. The third-order valence-corrected chi connectivity index (χ3v) is 2.65. The molecule has 2 aromatic rings. The number of hydrogen-bond acceptors (Lipinski definition) is 3. The van der Waals surface area contributed by atoms with E-state index in [0.29, 0.717) is 24.4 Å². The summed E-state index contributed by atoms with van der Waals surface area (Å²) in [7, 11) is 0. The first-order valence-corrected chi connectivity index (χ1v) is 5.78. The van der Waals surface area contributed by atoms with E-state index in [-0.39, 0.29) is 0 Å². The summed E-state index contributed by atoms with van der Waals surface area (Å²) in [5, 5.41) is 0. The van der Waals surface area contributed by atoms with Crippen molar-refractivity contribution in [1.82, 2.24) is 0 Å². The van der Waals surface area contributed by atoms with Gasteiger partial charge in [-0.2, -0.15) is 0 Å². The van der Waals surface area contributed by atoms with Crippen LogP contribution in [0.3, 0.4) is 0 Å². The number of benzene rings is 1. The molecule has 0 unspecified atom stereocenters. The first-order valence-electron chi connectivity index (χ1n) is 4.70. The Bertz CT molecular complexity index is 491. The van der Waals surface area contributed by atoms with Gasteiger partial charge in [-0.25, -0.2) is 0 Å². The van der Waals surface area contributed by atoms with Gasteiger partial charge in [-0.05, 0) is 52.9 Å². The molecule has 1 aromatic carbocycles. The van der Waals surface area contributed by atoms with E-state index in [1.807, 2.05) is 24.3 Å². The van der Waals surface area contributed by atoms with Crippen LogP contribution in [0.5, 0.6) is 5.75 Å². The normalized spacial score (nSPS) is 10.1. The summed E-state index contributed by atoms with van der Waals surface area (Å²) in [4.78, 5) is 10.4. The zero-order valence-electron chi connectivity index (χ0n) is 8.35. The Labute approximate surface area is 107 Å². The summed E-state index contributed by atoms with van der Waals surface area (Å²) in [5.74, 6) is 1.75. The highest BCUT2D eigenvalue weighted by atomic mass is 127. The van der Waals surface area contributed by atoms with Gasteiger partial charge in [-0.3, -0.25) is 4.79 Å². The van der Waals surface area contributed by atoms with E-state index in [4.69, 9.17) is 9.15 Å². The second-order valence-electron chi connectivity index (χ2n) is 3.17. The first kappa shape index (κ1) is 11.2. The molecule has 0 spiro atoms. The molecule has 0 aliphatic carbocycles. The highest BCUT2D eigenvalue weighted by Crippen LogP contribution is 2.16. The Morgan fingerprint density at radius 2 is 2.19 bits per heavy atom. The molecule has 0 radical (unpaired) electrons. The maximum atomic E-state index is 10.4. The second kappa shape index (κ2) is 5.16. The van der Waals surface area contributed by atoms with E-state index < -0.39 is 0 Å². The molecule has 0 saturated carbocycles. The SMILES string of the molecule is O=Cc1ccc(COc2cccc(I)c2)o1. The van der Waals surface area contributed by atoms with Gasteiger partial charge in [0.2, 0.25) is 0 Å². The van der Waals surface area contributed by atoms with Crippen molar-refractivity contribution < 1.29 is 13.9 Å². The predicted octanol–water partition coefficient (Wildman–Crippen LogP) is 3.28. The lowest BCUT2D eigenvalue weighted by Gasteiger charge is -2.03. The molecule has 82 valence electrons. The highest BCUT2D eigenvalue weighted by Gasteiger charge is 2.02. The van der Waals surface area contributed by atoms with Crippen LogP contribution in [0, 0.1) is 3.57 Å². The minimum absolute atomic E-state index is 0.321. The van der Waals surface area contributed by atoms with Crippen LogP contribution in [-0.2, 0) is 6.61 Å². The van der Waals surface area contributed by atoms with Gasteiger partial charge in [0.15, 0.2) is 12.0 Å². The fraction of sp³-hybridized carbons (Fsp3) is 0.0833. The van der Waals surface area contributed by atoms with E-state index in [0.717, 1.165) is 9.32 Å². The quantitative estimate of drug-likeness (QED) is 0.639. The number of ether oxygens (including phenoxy) is 1. The number of furan rings is 1. The Balaban J connectivity index is 1.99. The van der Waals surface area contributed by atoms with E-state index in [1.54, 1.807) is 12.1 Å². The van der Waals surface area contributed by atoms with Gasteiger partial charge in [0.1, 0.15) is 18.1 Å². The van der Waals surface area contributed by atoms with Crippen molar-refractivity contribution >= 4 is 28.9 Å². The van der Waals surface area contributed by atoms with Crippen LogP contribution in [0.2, 0.25) is 0 Å². The molecule has 0 bridgehead atoms. The maximum absolute atomic E-state index is 10.4. The van der Waals surface area contributed by atoms with Crippen LogP contribution >= 0.6 is 22.6 Å². The Hall–Kier alpha value is -1.30. The van der Waals surface area contributed by atoms with Gasteiger partial charge in [0, 0.05) is 3.57 Å². The maximum Gasteiger partial charge on any atom is 0.185 e. The third-order valence-electron chi connectivity index (χ3n) is 1.98. The van der Waals surface area contributed by atoms with Gasteiger partial charge in [0.05, 0.1) is 0 Å². The molecular formula is C12H9IO3. The summed E-state index contributed by atoms with van der Waals surface area (Å²) >= 11 is 2.22. The summed E-state index contributed by atoms with van der Waals surface area (Å²) in [6, 6.07) is 11.1. The smallest absolute Gasteiger partial charge is 0.185 e. The monoisotopic (exact) mass is 328 g/mol. The molecule has 0 amide bonds. The Kier molecular flexibility index (Phi) is 3.61. The molecule has 3 nitrogen and oxygen atoms in total. The predicted molar refractivity (Wildman–Crippen MR) is 67.6 cm³/mol. The highest BCUT2D eigenvalue weighted by molar-refractivity contribution is 14.1. The molecule has 0 saturated heterocycles. The summed E-state index contributed by atoms with van der Waals surface area (Å²) < 4.78 is 11.8. The molecule has 0 aliphatic heterocycles. The topological polar surface area (TPSA) is 39.4 Å². The fourth-order valence-electron chi connectivity index (χ4n) is 1.25. The van der Waals surface area contributed by atoms with Crippen molar-refractivity contribution in [3.05, 3.63) is 51.5 Å². The fourth-order valence-corrected chi connectivity index (χ4v) is 1.76. The molecular weight excluding hydrogens is 319 g/mol. The summed E-state index contributed by atoms with van der Waals surface area (Å²) in [6.07, 6.45) is 0.676. The molecule has 1 aromatic heterocycles. The average Bonchev–Trinajstić information content (AvgIpc) is 2.74. The molecule has 0 aliphatic rings. The van der Waals surface area contributed by atoms with Crippen molar-refractivity contribution in [3.63, 3.8) is 0 Å². The van der Waals surface area contributed by atoms with Crippen LogP contribution in [-0.4, -0.2) is 6.29 Å². The lowest BCUT2D eigenvalue weighted by molar-refractivity contribution is 0.109. The Morgan fingerprint density at radius 1 is 1.31 bits per heavy atom. The zero-order valence-corrected chi connectivity index (χ0v) is 10.5. The summed E-state index contributed by atoms with van der Waals surface area (Å²) in [5.41, 5.74) is 0. The molecule has 4 heteroatoms. The number of halogens is 1. The van der Waals surface area contributed by atoms with Crippen molar-refractivity contribution in [2.45, 2.75) is 6.61 Å². The lowest BCUT2D eigenvalue weighted by Crippen LogP contribution is -1.93. The number of carbonyl (C=O) groups excluding carboxylic acids is 1. The van der Waals surface area contributed by atoms with Crippen molar-refractivity contribution in [2.24, 2.45) is 0 Å². The molecule has 16 heavy (non-hydrogen) atoms. The van der Waals surface area contributed by atoms with E-state index >= 15 is 0 Å². The molecule has 2 rings (SSSR count). The first-order chi connectivity index (χ1) is 7.78. The summed E-state index contributed by atoms with van der Waals surface area (Å²) in [6.45, 7) is 0.327. The minimum Gasteiger partial charge on any atom is -0.486 e. The van der Waals surface area contributed by atoms with E-state index in [2.05, 4.69) is 22.6 Å². The molecule has 0 fully saturated rings. The zero-order chi connectivity index (χ0) is 11.4. The van der Waals surface area contributed by atoms with Crippen molar-refractivity contribution in [3.8, 4) is 5.75 Å². The number of rotatable bonds is 4. The Morgan fingerprint density at radius 3 is 2.88 bits per heavy atom. The van der Waals surface area contributed by atoms with Crippen molar-refractivity contribution in [1.29, 1.82) is 0 Å². The van der Waals surface area contributed by atoms with Crippen molar-refractivity contribution in [2.75, 3.05) is 0 Å². The van der Waals surface area contributed by atoms with Crippen LogP contribution < -0.4 is 4.74 Å². The lowest BCUT2D eigenvalue weighted by atomic mass is 10.3. The molecule has 0 N–H and O–H groups in total. The molecule has 1 heterocycles. The van der Waals surface area contributed by atoms with Crippen LogP contribution in [0.15, 0.2) is 40.8 Å². The second-order valence-corrected chi connectivity index (χ2v) is 4.41. The minimum atomic E-state index is 0.321. The van der Waals surface area contributed by atoms with Gasteiger partial charge in [-0.1, -0.05) is 6.07 Å². The average molecular weight is 328 g/mol. The number of aldehydes is 1.